The Hall–Kier alpha value is -2.33. The highest BCUT2D eigenvalue weighted by molar-refractivity contribution is 7.89. The predicted molar refractivity (Wildman–Crippen MR) is 107 cm³/mol. The van der Waals surface area contributed by atoms with E-state index in [-0.39, 0.29) is 4.90 Å². The monoisotopic (exact) mass is 439 g/mol. The van der Waals surface area contributed by atoms with Gasteiger partial charge in [-0.05, 0) is 30.3 Å². The molecule has 0 atom stereocenters. The van der Waals surface area contributed by atoms with Gasteiger partial charge >= 0.3 is 0 Å². The summed E-state index contributed by atoms with van der Waals surface area (Å²) in [6.07, 6.45) is 0. The van der Waals surface area contributed by atoms with Crippen molar-refractivity contribution in [2.24, 2.45) is 0 Å². The van der Waals surface area contributed by atoms with Crippen molar-refractivity contribution in [3.05, 3.63) is 64.8 Å². The fraction of sp³-hybridized carbons (Fsp3) is 0.111. The highest BCUT2D eigenvalue weighted by Crippen LogP contribution is 2.30. The van der Waals surface area contributed by atoms with Gasteiger partial charge in [0.1, 0.15) is 5.82 Å². The molecule has 3 rings (SSSR count). The molecule has 0 fully saturated rings. The Morgan fingerprint density at radius 1 is 1.21 bits per heavy atom. The number of thiazole rings is 1. The average Bonchev–Trinajstić information content (AvgIpc) is 3.10. The number of anilines is 1. The number of sulfonamides is 1. The fourth-order valence-corrected chi connectivity index (χ4v) is 4.44. The third kappa shape index (κ3) is 4.56. The molecule has 0 aliphatic heterocycles. The average molecular weight is 440 g/mol. The molecule has 28 heavy (non-hydrogen) atoms. The van der Waals surface area contributed by atoms with Crippen LogP contribution in [-0.4, -0.2) is 37.2 Å². The normalized spacial score (nSPS) is 11.6. The molecule has 0 aliphatic carbocycles. The first-order valence-corrected chi connectivity index (χ1v) is 10.7. The number of carbonyl (C=O) groups is 1. The molecule has 1 heterocycles. The van der Waals surface area contributed by atoms with Gasteiger partial charge in [0.2, 0.25) is 15.9 Å². The summed E-state index contributed by atoms with van der Waals surface area (Å²) in [6.45, 7) is -0.416. The van der Waals surface area contributed by atoms with E-state index in [2.05, 4.69) is 10.3 Å². The van der Waals surface area contributed by atoms with Gasteiger partial charge in [-0.15, -0.1) is 11.3 Å². The maximum absolute atomic E-state index is 13.0. The lowest BCUT2D eigenvalue weighted by atomic mass is 10.2. The lowest BCUT2D eigenvalue weighted by Crippen LogP contribution is -2.34. The first-order chi connectivity index (χ1) is 13.3. The summed E-state index contributed by atoms with van der Waals surface area (Å²) in [4.78, 5) is 16.4. The van der Waals surface area contributed by atoms with Gasteiger partial charge in [0.15, 0.2) is 5.13 Å². The number of likely N-dealkylation sites (N-methyl/N-ethyl adjacent to an activating group) is 1. The summed E-state index contributed by atoms with van der Waals surface area (Å²) in [5.41, 5.74) is 1.34. The van der Waals surface area contributed by atoms with E-state index in [4.69, 9.17) is 11.6 Å². The molecule has 0 radical (unpaired) electrons. The molecular weight excluding hydrogens is 425 g/mol. The Morgan fingerprint density at radius 3 is 2.57 bits per heavy atom. The van der Waals surface area contributed by atoms with Crippen molar-refractivity contribution in [2.45, 2.75) is 4.90 Å². The second kappa shape index (κ2) is 8.36. The third-order valence-corrected chi connectivity index (χ3v) is 6.69. The summed E-state index contributed by atoms with van der Waals surface area (Å²) < 4.78 is 38.8. The molecular formula is C18H15ClFN3O3S2. The van der Waals surface area contributed by atoms with E-state index in [0.29, 0.717) is 15.8 Å². The van der Waals surface area contributed by atoms with Crippen LogP contribution in [0.3, 0.4) is 0 Å². The number of nitrogens with one attached hydrogen (secondary N) is 1. The molecule has 0 saturated carbocycles. The van der Waals surface area contributed by atoms with Crippen LogP contribution >= 0.6 is 22.9 Å². The molecule has 0 unspecified atom stereocenters. The maximum atomic E-state index is 13.0. The summed E-state index contributed by atoms with van der Waals surface area (Å²) in [5, 5.41) is 5.18. The zero-order valence-electron chi connectivity index (χ0n) is 14.6. The number of aromatic nitrogens is 1. The molecule has 0 bridgehead atoms. The van der Waals surface area contributed by atoms with E-state index in [1.54, 1.807) is 17.5 Å². The lowest BCUT2D eigenvalue weighted by Gasteiger charge is -2.16. The first-order valence-electron chi connectivity index (χ1n) is 7.99. The van der Waals surface area contributed by atoms with E-state index < -0.39 is 28.3 Å². The van der Waals surface area contributed by atoms with Crippen molar-refractivity contribution in [1.82, 2.24) is 9.29 Å². The van der Waals surface area contributed by atoms with Crippen LogP contribution in [0.25, 0.3) is 11.3 Å². The van der Waals surface area contributed by atoms with Crippen LogP contribution in [0.15, 0.2) is 58.8 Å². The van der Waals surface area contributed by atoms with E-state index in [9.17, 15) is 17.6 Å². The second-order valence-electron chi connectivity index (χ2n) is 5.78. The minimum Gasteiger partial charge on any atom is -0.301 e. The number of carbonyl (C=O) groups excluding carboxylic acids is 1. The minimum absolute atomic E-state index is 0.0977. The van der Waals surface area contributed by atoms with Gasteiger partial charge in [-0.3, -0.25) is 4.79 Å². The second-order valence-corrected chi connectivity index (χ2v) is 9.09. The molecule has 0 spiro atoms. The number of hydrogen-bond acceptors (Lipinski definition) is 5. The van der Waals surface area contributed by atoms with Gasteiger partial charge in [0.25, 0.3) is 0 Å². The van der Waals surface area contributed by atoms with Crippen LogP contribution in [0.2, 0.25) is 5.02 Å². The van der Waals surface area contributed by atoms with Crippen LogP contribution in [0, 0.1) is 5.82 Å². The molecule has 3 aromatic rings. The van der Waals surface area contributed by atoms with Crippen molar-refractivity contribution < 1.29 is 17.6 Å². The van der Waals surface area contributed by atoms with E-state index in [1.165, 1.54) is 18.4 Å². The van der Waals surface area contributed by atoms with Crippen LogP contribution in [-0.2, 0) is 14.8 Å². The predicted octanol–water partition coefficient (Wildman–Crippen LogP) is 3.86. The molecule has 1 N–H and O–H groups in total. The van der Waals surface area contributed by atoms with Gasteiger partial charge in [-0.25, -0.2) is 17.8 Å². The number of halogens is 2. The molecule has 1 aromatic heterocycles. The Balaban J connectivity index is 1.67. The standard InChI is InChI=1S/C18H15ClFN3O3S2/c1-23(28(25,26)13-8-6-12(20)7-9-13)10-17(24)22-18-21-16(11-27-18)14-4-2-3-5-15(14)19/h2-9,11H,10H2,1H3,(H,21,22,24). The number of benzene rings is 2. The number of nitrogens with zero attached hydrogens (tertiary/aromatic N) is 2. The topological polar surface area (TPSA) is 79.4 Å². The van der Waals surface area contributed by atoms with Gasteiger partial charge < -0.3 is 5.32 Å². The number of rotatable bonds is 6. The SMILES string of the molecule is CN(CC(=O)Nc1nc(-c2ccccc2Cl)cs1)S(=O)(=O)c1ccc(F)cc1. The molecule has 2 aromatic carbocycles. The van der Waals surface area contributed by atoms with Crippen LogP contribution < -0.4 is 5.32 Å². The zero-order valence-corrected chi connectivity index (χ0v) is 17.0. The van der Waals surface area contributed by atoms with E-state index >= 15 is 0 Å². The molecule has 1 amide bonds. The van der Waals surface area contributed by atoms with Crippen molar-refractivity contribution in [2.75, 3.05) is 18.9 Å². The van der Waals surface area contributed by atoms with Crippen molar-refractivity contribution in [1.29, 1.82) is 0 Å². The Bertz CT molecular complexity index is 1100. The smallest absolute Gasteiger partial charge is 0.243 e. The van der Waals surface area contributed by atoms with Gasteiger partial charge in [-0.2, -0.15) is 4.31 Å². The van der Waals surface area contributed by atoms with Gasteiger partial charge in [-0.1, -0.05) is 29.8 Å². The molecule has 0 saturated heterocycles. The van der Waals surface area contributed by atoms with Crippen molar-refractivity contribution in [3.63, 3.8) is 0 Å². The fourth-order valence-electron chi connectivity index (χ4n) is 2.36. The highest BCUT2D eigenvalue weighted by Gasteiger charge is 2.23. The van der Waals surface area contributed by atoms with Gasteiger partial charge in [0.05, 0.1) is 17.1 Å². The zero-order chi connectivity index (χ0) is 20.3. The maximum Gasteiger partial charge on any atom is 0.243 e. The lowest BCUT2D eigenvalue weighted by molar-refractivity contribution is -0.116. The minimum atomic E-state index is -3.92. The summed E-state index contributed by atoms with van der Waals surface area (Å²) in [5.74, 6) is -1.09. The van der Waals surface area contributed by atoms with Crippen LogP contribution in [0.4, 0.5) is 9.52 Å². The van der Waals surface area contributed by atoms with Crippen molar-refractivity contribution in [3.8, 4) is 11.3 Å². The number of amides is 1. The Morgan fingerprint density at radius 2 is 1.89 bits per heavy atom. The summed E-state index contributed by atoms with van der Waals surface area (Å²) in [6, 6.07) is 11.6. The van der Waals surface area contributed by atoms with Crippen molar-refractivity contribution >= 4 is 44.0 Å². The Labute approximate surface area is 170 Å². The number of hydrogen-bond donors (Lipinski definition) is 1. The molecule has 146 valence electrons. The highest BCUT2D eigenvalue weighted by atomic mass is 35.5. The summed E-state index contributed by atoms with van der Waals surface area (Å²) >= 11 is 7.34. The molecule has 0 aliphatic rings. The van der Waals surface area contributed by atoms with E-state index in [0.717, 1.165) is 34.1 Å². The molecule has 6 nitrogen and oxygen atoms in total. The third-order valence-electron chi connectivity index (χ3n) is 3.79. The van der Waals surface area contributed by atoms with Crippen LogP contribution in [0.1, 0.15) is 0 Å². The van der Waals surface area contributed by atoms with Crippen LogP contribution in [0.5, 0.6) is 0 Å². The van der Waals surface area contributed by atoms with Gasteiger partial charge in [0, 0.05) is 23.0 Å². The molecule has 10 heteroatoms. The largest absolute Gasteiger partial charge is 0.301 e. The quantitative estimate of drug-likeness (QED) is 0.632. The summed E-state index contributed by atoms with van der Waals surface area (Å²) in [7, 11) is -2.64. The first kappa shape index (κ1) is 20.4. The van der Waals surface area contributed by atoms with E-state index in [1.807, 2.05) is 12.1 Å². The Kier molecular flexibility index (Phi) is 6.09.